The molecule has 2 aliphatic rings. The predicted octanol–water partition coefficient (Wildman–Crippen LogP) is 2.66. The van der Waals surface area contributed by atoms with E-state index >= 15 is 0 Å². The van der Waals surface area contributed by atoms with Crippen molar-refractivity contribution < 1.29 is 5.11 Å². The number of hydrogen-bond acceptors (Lipinski definition) is 2. The van der Waals surface area contributed by atoms with Crippen LogP contribution in [0.3, 0.4) is 0 Å². The van der Waals surface area contributed by atoms with E-state index in [-0.39, 0.29) is 5.41 Å². The molecule has 1 saturated carbocycles. The first-order chi connectivity index (χ1) is 7.78. The molecule has 1 N–H and O–H groups in total. The van der Waals surface area contributed by atoms with E-state index in [2.05, 4.69) is 11.8 Å². The Kier molecular flexibility index (Phi) is 4.26. The Hall–Kier alpha value is -0.0800. The van der Waals surface area contributed by atoms with Crippen LogP contribution in [0.25, 0.3) is 0 Å². The molecule has 2 fully saturated rings. The highest BCUT2D eigenvalue weighted by Gasteiger charge is 2.35. The monoisotopic (exact) mass is 225 g/mol. The summed E-state index contributed by atoms with van der Waals surface area (Å²) in [4.78, 5) is 2.60. The van der Waals surface area contributed by atoms with E-state index in [0.29, 0.717) is 6.61 Å². The summed E-state index contributed by atoms with van der Waals surface area (Å²) < 4.78 is 0. The fourth-order valence-corrected chi connectivity index (χ4v) is 3.52. The van der Waals surface area contributed by atoms with Crippen molar-refractivity contribution in [3.63, 3.8) is 0 Å². The molecule has 1 heterocycles. The van der Waals surface area contributed by atoms with Crippen LogP contribution in [0.15, 0.2) is 0 Å². The molecule has 2 nitrogen and oxygen atoms in total. The SMILES string of the molecule is CCC1CCN(CC2(CO)CCCC2)CC1. The number of piperidine rings is 1. The van der Waals surface area contributed by atoms with E-state index in [0.717, 1.165) is 12.5 Å². The summed E-state index contributed by atoms with van der Waals surface area (Å²) in [7, 11) is 0. The highest BCUT2D eigenvalue weighted by Crippen LogP contribution is 2.39. The van der Waals surface area contributed by atoms with Crippen LogP contribution in [-0.4, -0.2) is 36.2 Å². The third kappa shape index (κ3) is 2.78. The standard InChI is InChI=1S/C14H27NO/c1-2-13-5-9-15(10-6-13)11-14(12-16)7-3-4-8-14/h13,16H,2-12H2,1H3. The maximum atomic E-state index is 9.62. The third-order valence-corrected chi connectivity index (χ3v) is 4.84. The number of rotatable bonds is 4. The van der Waals surface area contributed by atoms with Crippen molar-refractivity contribution >= 4 is 0 Å². The smallest absolute Gasteiger partial charge is 0.0499 e. The van der Waals surface area contributed by atoms with Crippen LogP contribution in [-0.2, 0) is 0 Å². The highest BCUT2D eigenvalue weighted by molar-refractivity contribution is 4.88. The third-order valence-electron chi connectivity index (χ3n) is 4.84. The number of aliphatic hydroxyl groups excluding tert-OH is 1. The van der Waals surface area contributed by atoms with Gasteiger partial charge in [-0.25, -0.2) is 0 Å². The van der Waals surface area contributed by atoms with Gasteiger partial charge in [-0.05, 0) is 44.7 Å². The molecule has 2 rings (SSSR count). The van der Waals surface area contributed by atoms with Gasteiger partial charge in [0.2, 0.25) is 0 Å². The summed E-state index contributed by atoms with van der Waals surface area (Å²) in [6, 6.07) is 0. The molecular weight excluding hydrogens is 198 g/mol. The zero-order valence-corrected chi connectivity index (χ0v) is 10.7. The molecule has 2 heteroatoms. The van der Waals surface area contributed by atoms with E-state index in [4.69, 9.17) is 0 Å². The lowest BCUT2D eigenvalue weighted by atomic mass is 9.85. The van der Waals surface area contributed by atoms with Crippen molar-refractivity contribution in [2.24, 2.45) is 11.3 Å². The zero-order chi connectivity index (χ0) is 11.4. The van der Waals surface area contributed by atoms with Crippen LogP contribution in [0.5, 0.6) is 0 Å². The lowest BCUT2D eigenvalue weighted by Gasteiger charge is -2.38. The predicted molar refractivity (Wildman–Crippen MR) is 67.4 cm³/mol. The van der Waals surface area contributed by atoms with E-state index < -0.39 is 0 Å². The van der Waals surface area contributed by atoms with Gasteiger partial charge in [-0.15, -0.1) is 0 Å². The van der Waals surface area contributed by atoms with Gasteiger partial charge in [0.1, 0.15) is 0 Å². The van der Waals surface area contributed by atoms with Crippen molar-refractivity contribution in [1.29, 1.82) is 0 Å². The maximum absolute atomic E-state index is 9.62. The van der Waals surface area contributed by atoms with Crippen molar-refractivity contribution in [1.82, 2.24) is 4.90 Å². The fourth-order valence-electron chi connectivity index (χ4n) is 3.52. The van der Waals surface area contributed by atoms with Gasteiger partial charge < -0.3 is 10.0 Å². The quantitative estimate of drug-likeness (QED) is 0.795. The first-order valence-electron chi connectivity index (χ1n) is 7.11. The minimum Gasteiger partial charge on any atom is -0.396 e. The Balaban J connectivity index is 1.81. The number of likely N-dealkylation sites (tertiary alicyclic amines) is 1. The molecule has 1 aliphatic carbocycles. The van der Waals surface area contributed by atoms with Gasteiger partial charge in [-0.1, -0.05) is 26.2 Å². The Morgan fingerprint density at radius 2 is 1.81 bits per heavy atom. The summed E-state index contributed by atoms with van der Waals surface area (Å²) in [6.45, 7) is 6.40. The summed E-state index contributed by atoms with van der Waals surface area (Å²) >= 11 is 0. The van der Waals surface area contributed by atoms with E-state index in [1.54, 1.807) is 0 Å². The second-order valence-electron chi connectivity index (χ2n) is 5.99. The molecule has 1 aliphatic heterocycles. The average molecular weight is 225 g/mol. The molecule has 16 heavy (non-hydrogen) atoms. The number of hydrogen-bond donors (Lipinski definition) is 1. The molecule has 1 saturated heterocycles. The van der Waals surface area contributed by atoms with Crippen LogP contribution in [0, 0.1) is 11.3 Å². The number of aliphatic hydroxyl groups is 1. The molecule has 0 amide bonds. The largest absolute Gasteiger partial charge is 0.396 e. The van der Waals surface area contributed by atoms with Gasteiger partial charge in [0.25, 0.3) is 0 Å². The summed E-state index contributed by atoms with van der Waals surface area (Å²) in [5.41, 5.74) is 0.263. The summed E-state index contributed by atoms with van der Waals surface area (Å²) in [5, 5.41) is 9.62. The summed E-state index contributed by atoms with van der Waals surface area (Å²) in [6.07, 6.45) is 9.24. The molecule has 0 aromatic rings. The van der Waals surface area contributed by atoms with E-state index in [9.17, 15) is 5.11 Å². The van der Waals surface area contributed by atoms with Crippen LogP contribution in [0.4, 0.5) is 0 Å². The normalized spacial score (nSPS) is 27.4. The van der Waals surface area contributed by atoms with Crippen LogP contribution >= 0.6 is 0 Å². The molecule has 0 atom stereocenters. The minimum absolute atomic E-state index is 0.263. The maximum Gasteiger partial charge on any atom is 0.0499 e. The van der Waals surface area contributed by atoms with Crippen molar-refractivity contribution in [2.45, 2.75) is 51.9 Å². The van der Waals surface area contributed by atoms with Gasteiger partial charge in [-0.3, -0.25) is 0 Å². The van der Waals surface area contributed by atoms with Gasteiger partial charge in [0.15, 0.2) is 0 Å². The van der Waals surface area contributed by atoms with E-state index in [1.807, 2.05) is 0 Å². The molecule has 0 bridgehead atoms. The topological polar surface area (TPSA) is 23.5 Å². The second-order valence-corrected chi connectivity index (χ2v) is 5.99. The van der Waals surface area contributed by atoms with Crippen molar-refractivity contribution in [3.05, 3.63) is 0 Å². The van der Waals surface area contributed by atoms with Gasteiger partial charge in [0, 0.05) is 18.6 Å². The number of nitrogens with zero attached hydrogens (tertiary/aromatic N) is 1. The van der Waals surface area contributed by atoms with Crippen LogP contribution < -0.4 is 0 Å². The van der Waals surface area contributed by atoms with Crippen LogP contribution in [0.2, 0.25) is 0 Å². The summed E-state index contributed by atoms with van der Waals surface area (Å²) in [5.74, 6) is 0.963. The Bertz CT molecular complexity index is 203. The van der Waals surface area contributed by atoms with Crippen LogP contribution in [0.1, 0.15) is 51.9 Å². The molecule has 94 valence electrons. The van der Waals surface area contributed by atoms with Gasteiger partial charge >= 0.3 is 0 Å². The molecule has 0 spiro atoms. The molecule has 0 radical (unpaired) electrons. The van der Waals surface area contributed by atoms with E-state index in [1.165, 1.54) is 58.0 Å². The fraction of sp³-hybridized carbons (Fsp3) is 1.00. The highest BCUT2D eigenvalue weighted by atomic mass is 16.3. The molecule has 0 aromatic carbocycles. The lowest BCUT2D eigenvalue weighted by Crippen LogP contribution is -2.42. The second kappa shape index (κ2) is 5.50. The van der Waals surface area contributed by atoms with Gasteiger partial charge in [0.05, 0.1) is 0 Å². The minimum atomic E-state index is 0.263. The average Bonchev–Trinajstić information content (AvgIpc) is 2.79. The lowest BCUT2D eigenvalue weighted by molar-refractivity contribution is 0.0607. The molecule has 0 aromatic heterocycles. The van der Waals surface area contributed by atoms with Gasteiger partial charge in [-0.2, -0.15) is 0 Å². The molecule has 0 unspecified atom stereocenters. The first kappa shape index (κ1) is 12.4. The Morgan fingerprint density at radius 3 is 2.31 bits per heavy atom. The molecular formula is C14H27NO. The first-order valence-corrected chi connectivity index (χ1v) is 7.11. The Morgan fingerprint density at radius 1 is 1.19 bits per heavy atom. The van der Waals surface area contributed by atoms with Crippen molar-refractivity contribution in [2.75, 3.05) is 26.2 Å². The van der Waals surface area contributed by atoms with Crippen molar-refractivity contribution in [3.8, 4) is 0 Å². The zero-order valence-electron chi connectivity index (χ0n) is 10.7. The Labute approximate surface area is 100 Å².